The fourth-order valence-corrected chi connectivity index (χ4v) is 3.59. The molecule has 2 aromatic carbocycles. The zero-order valence-electron chi connectivity index (χ0n) is 16.4. The Morgan fingerprint density at radius 1 is 1.10 bits per heavy atom. The molecule has 0 radical (unpaired) electrons. The average molecular weight is 444 g/mol. The molecule has 11 heteroatoms. The van der Waals surface area contributed by atoms with Crippen molar-refractivity contribution in [3.05, 3.63) is 65.4 Å². The second-order valence-electron chi connectivity index (χ2n) is 6.63. The highest BCUT2D eigenvalue weighted by Crippen LogP contribution is 2.24. The lowest BCUT2D eigenvalue weighted by Gasteiger charge is -2.11. The monoisotopic (exact) mass is 444 g/mol. The van der Waals surface area contributed by atoms with Crippen LogP contribution in [-0.4, -0.2) is 18.4 Å². The SMILES string of the molecule is Cc1ccc(Nc2ncc(F)c(Nc3ccc(CCC#N)c(F)c3)n2)cc1S(N)(=O)=O. The summed E-state index contributed by atoms with van der Waals surface area (Å²) in [4.78, 5) is 7.79. The molecule has 0 aliphatic heterocycles. The second kappa shape index (κ2) is 9.03. The number of aromatic nitrogens is 2. The summed E-state index contributed by atoms with van der Waals surface area (Å²) in [6.45, 7) is 1.60. The number of nitriles is 1. The van der Waals surface area contributed by atoms with E-state index in [1.807, 2.05) is 6.07 Å². The molecular formula is C20H18F2N6O2S. The largest absolute Gasteiger partial charge is 0.338 e. The van der Waals surface area contributed by atoms with Crippen molar-refractivity contribution in [2.75, 3.05) is 10.6 Å². The first-order chi connectivity index (χ1) is 14.7. The van der Waals surface area contributed by atoms with E-state index in [1.165, 1.54) is 18.2 Å². The number of nitrogens with one attached hydrogen (secondary N) is 2. The summed E-state index contributed by atoms with van der Waals surface area (Å²) in [6, 6.07) is 10.7. The first-order valence-electron chi connectivity index (χ1n) is 9.03. The number of aryl methyl sites for hydroxylation is 2. The highest BCUT2D eigenvalue weighted by molar-refractivity contribution is 7.89. The van der Waals surface area contributed by atoms with E-state index in [9.17, 15) is 17.2 Å². The number of halogens is 2. The molecule has 0 unspecified atom stereocenters. The molecule has 1 heterocycles. The molecule has 1 aromatic heterocycles. The minimum absolute atomic E-state index is 0.0146. The molecule has 160 valence electrons. The van der Waals surface area contributed by atoms with Crippen molar-refractivity contribution in [3.63, 3.8) is 0 Å². The zero-order valence-corrected chi connectivity index (χ0v) is 17.2. The van der Waals surface area contributed by atoms with E-state index < -0.39 is 21.7 Å². The van der Waals surface area contributed by atoms with Gasteiger partial charge in [0.25, 0.3) is 0 Å². The lowest BCUT2D eigenvalue weighted by atomic mass is 10.1. The number of nitrogens with two attached hydrogens (primary N) is 1. The summed E-state index contributed by atoms with van der Waals surface area (Å²) >= 11 is 0. The van der Waals surface area contributed by atoms with Crippen LogP contribution in [0.4, 0.5) is 31.9 Å². The standard InChI is InChI=1S/C20H18F2N6O2S/c1-12-4-6-15(10-18(12)31(24,29)30)27-20-25-11-17(22)19(28-20)26-14-7-5-13(3-2-8-23)16(21)9-14/h4-7,9-11H,2-3H2,1H3,(H2,24,29,30)(H2,25,26,27,28). The highest BCUT2D eigenvalue weighted by Gasteiger charge is 2.14. The average Bonchev–Trinajstić information content (AvgIpc) is 2.70. The Labute approximate surface area is 177 Å². The maximum absolute atomic E-state index is 14.2. The van der Waals surface area contributed by atoms with Crippen molar-refractivity contribution in [3.8, 4) is 6.07 Å². The summed E-state index contributed by atoms with van der Waals surface area (Å²) in [7, 11) is -3.92. The van der Waals surface area contributed by atoms with E-state index in [2.05, 4.69) is 20.6 Å². The number of benzene rings is 2. The van der Waals surface area contributed by atoms with Gasteiger partial charge in [0.05, 0.1) is 17.2 Å². The topological polar surface area (TPSA) is 134 Å². The van der Waals surface area contributed by atoms with Gasteiger partial charge in [0.2, 0.25) is 16.0 Å². The minimum atomic E-state index is -3.92. The maximum atomic E-state index is 14.2. The molecule has 0 atom stereocenters. The number of hydrogen-bond acceptors (Lipinski definition) is 7. The fourth-order valence-electron chi connectivity index (χ4n) is 2.78. The van der Waals surface area contributed by atoms with Crippen LogP contribution in [0.5, 0.6) is 0 Å². The Kier molecular flexibility index (Phi) is 6.43. The van der Waals surface area contributed by atoms with Crippen LogP contribution in [0, 0.1) is 29.9 Å². The van der Waals surface area contributed by atoms with Gasteiger partial charge in [-0.05, 0) is 48.7 Å². The first kappa shape index (κ1) is 22.1. The van der Waals surface area contributed by atoms with Crippen molar-refractivity contribution in [2.24, 2.45) is 5.14 Å². The van der Waals surface area contributed by atoms with Crippen LogP contribution in [0.25, 0.3) is 0 Å². The van der Waals surface area contributed by atoms with Gasteiger partial charge in [0, 0.05) is 17.8 Å². The predicted octanol–water partition coefficient (Wildman–Crippen LogP) is 3.65. The van der Waals surface area contributed by atoms with Crippen LogP contribution in [0.3, 0.4) is 0 Å². The predicted molar refractivity (Wildman–Crippen MR) is 111 cm³/mol. The van der Waals surface area contributed by atoms with Gasteiger partial charge in [-0.2, -0.15) is 10.2 Å². The van der Waals surface area contributed by atoms with Crippen molar-refractivity contribution < 1.29 is 17.2 Å². The van der Waals surface area contributed by atoms with Gasteiger partial charge in [-0.3, -0.25) is 0 Å². The van der Waals surface area contributed by atoms with Crippen LogP contribution in [0.2, 0.25) is 0 Å². The van der Waals surface area contributed by atoms with E-state index >= 15 is 0 Å². The van der Waals surface area contributed by atoms with Crippen molar-refractivity contribution in [1.29, 1.82) is 5.26 Å². The number of anilines is 4. The normalized spacial score (nSPS) is 11.1. The van der Waals surface area contributed by atoms with Crippen LogP contribution in [0.15, 0.2) is 47.5 Å². The molecule has 0 spiro atoms. The number of nitrogens with zero attached hydrogens (tertiary/aromatic N) is 3. The number of sulfonamides is 1. The summed E-state index contributed by atoms with van der Waals surface area (Å²) in [6.07, 6.45) is 1.38. The van der Waals surface area contributed by atoms with Crippen molar-refractivity contribution >= 4 is 33.2 Å². The van der Waals surface area contributed by atoms with Gasteiger partial charge < -0.3 is 10.6 Å². The fraction of sp³-hybridized carbons (Fsp3) is 0.150. The van der Waals surface area contributed by atoms with E-state index in [0.717, 1.165) is 6.20 Å². The Morgan fingerprint density at radius 2 is 1.81 bits per heavy atom. The Morgan fingerprint density at radius 3 is 2.48 bits per heavy atom. The van der Waals surface area contributed by atoms with Gasteiger partial charge in [0.15, 0.2) is 11.6 Å². The molecule has 0 bridgehead atoms. The van der Waals surface area contributed by atoms with Crippen LogP contribution < -0.4 is 15.8 Å². The molecule has 8 nitrogen and oxygen atoms in total. The van der Waals surface area contributed by atoms with Gasteiger partial charge >= 0.3 is 0 Å². The van der Waals surface area contributed by atoms with E-state index in [-0.39, 0.29) is 35.2 Å². The summed E-state index contributed by atoms with van der Waals surface area (Å²) in [5, 5.41) is 19.3. The van der Waals surface area contributed by atoms with Gasteiger partial charge in [-0.15, -0.1) is 0 Å². The van der Waals surface area contributed by atoms with Crippen LogP contribution >= 0.6 is 0 Å². The smallest absolute Gasteiger partial charge is 0.238 e. The number of primary sulfonamides is 1. The molecule has 3 aromatic rings. The Hall–Kier alpha value is -3.62. The molecule has 0 aliphatic carbocycles. The molecule has 0 amide bonds. The molecular weight excluding hydrogens is 426 g/mol. The summed E-state index contributed by atoms with van der Waals surface area (Å²) < 4.78 is 51.7. The Balaban J connectivity index is 1.83. The van der Waals surface area contributed by atoms with Gasteiger partial charge in [0.1, 0.15) is 5.82 Å². The summed E-state index contributed by atoms with van der Waals surface area (Å²) in [5.74, 6) is -1.52. The summed E-state index contributed by atoms with van der Waals surface area (Å²) in [5.41, 5.74) is 1.44. The molecule has 0 saturated carbocycles. The van der Waals surface area contributed by atoms with Crippen molar-refractivity contribution in [2.45, 2.75) is 24.7 Å². The van der Waals surface area contributed by atoms with Gasteiger partial charge in [-0.25, -0.2) is 27.3 Å². The van der Waals surface area contributed by atoms with Crippen molar-refractivity contribution in [1.82, 2.24) is 9.97 Å². The van der Waals surface area contributed by atoms with Crippen LogP contribution in [-0.2, 0) is 16.4 Å². The van der Waals surface area contributed by atoms with E-state index in [4.69, 9.17) is 10.4 Å². The lowest BCUT2D eigenvalue weighted by molar-refractivity contribution is 0.597. The molecule has 0 fully saturated rings. The van der Waals surface area contributed by atoms with E-state index in [0.29, 0.717) is 16.8 Å². The first-order valence-corrected chi connectivity index (χ1v) is 10.6. The van der Waals surface area contributed by atoms with Crippen LogP contribution in [0.1, 0.15) is 17.5 Å². The molecule has 0 aliphatic rings. The number of hydrogen-bond donors (Lipinski definition) is 3. The third-order valence-electron chi connectivity index (χ3n) is 4.32. The lowest BCUT2D eigenvalue weighted by Crippen LogP contribution is -2.14. The molecule has 31 heavy (non-hydrogen) atoms. The number of rotatable bonds is 7. The highest BCUT2D eigenvalue weighted by atomic mass is 32.2. The van der Waals surface area contributed by atoms with E-state index in [1.54, 1.807) is 25.1 Å². The molecule has 0 saturated heterocycles. The Bertz CT molecular complexity index is 1280. The molecule has 3 rings (SSSR count). The quantitative estimate of drug-likeness (QED) is 0.506. The zero-order chi connectivity index (χ0) is 22.6. The second-order valence-corrected chi connectivity index (χ2v) is 8.16. The molecule has 4 N–H and O–H groups in total. The van der Waals surface area contributed by atoms with Gasteiger partial charge in [-0.1, -0.05) is 12.1 Å². The maximum Gasteiger partial charge on any atom is 0.238 e. The third kappa shape index (κ3) is 5.50. The minimum Gasteiger partial charge on any atom is -0.338 e. The third-order valence-corrected chi connectivity index (χ3v) is 5.37.